The van der Waals surface area contributed by atoms with Crippen LogP contribution in [0.2, 0.25) is 0 Å². The number of benzene rings is 1. The second-order valence-corrected chi connectivity index (χ2v) is 6.43. The molecule has 6 nitrogen and oxygen atoms in total. The van der Waals surface area contributed by atoms with Crippen LogP contribution in [0.5, 0.6) is 0 Å². The number of hydrogen-bond donors (Lipinski definition) is 2. The third-order valence-electron chi connectivity index (χ3n) is 4.93. The van der Waals surface area contributed by atoms with Crippen molar-refractivity contribution in [2.75, 3.05) is 0 Å². The van der Waals surface area contributed by atoms with Gasteiger partial charge >= 0.3 is 0 Å². The van der Waals surface area contributed by atoms with Crippen LogP contribution in [0, 0.1) is 23.0 Å². The molecule has 2 N–H and O–H groups in total. The van der Waals surface area contributed by atoms with Crippen LogP contribution in [0.3, 0.4) is 0 Å². The van der Waals surface area contributed by atoms with Crippen molar-refractivity contribution in [3.8, 4) is 6.07 Å². The molecule has 0 bridgehead atoms. The highest BCUT2D eigenvalue weighted by Crippen LogP contribution is 2.43. The maximum atomic E-state index is 14.2. The zero-order valence-electron chi connectivity index (χ0n) is 13.7. The molecule has 2 aromatic heterocycles. The minimum absolute atomic E-state index is 0.0309. The highest BCUT2D eigenvalue weighted by molar-refractivity contribution is 5.53. The predicted molar refractivity (Wildman–Crippen MR) is 89.3 cm³/mol. The fraction of sp³-hybridized carbons (Fsp3) is 0.278. The van der Waals surface area contributed by atoms with Crippen molar-refractivity contribution in [1.29, 1.82) is 5.26 Å². The number of H-pyrrole nitrogens is 1. The van der Waals surface area contributed by atoms with E-state index < -0.39 is 17.2 Å². The largest absolute Gasteiger partial charge is 0.301 e. The van der Waals surface area contributed by atoms with Crippen molar-refractivity contribution >= 4 is 5.65 Å². The van der Waals surface area contributed by atoms with E-state index in [0.29, 0.717) is 18.5 Å². The van der Waals surface area contributed by atoms with E-state index in [1.807, 2.05) is 6.07 Å². The van der Waals surface area contributed by atoms with E-state index in [2.05, 4.69) is 15.4 Å². The molecule has 0 spiro atoms. The number of nitriles is 1. The van der Waals surface area contributed by atoms with Crippen molar-refractivity contribution in [1.82, 2.24) is 19.9 Å². The molecule has 0 saturated heterocycles. The van der Waals surface area contributed by atoms with Crippen LogP contribution in [-0.4, -0.2) is 14.6 Å². The van der Waals surface area contributed by atoms with Crippen molar-refractivity contribution in [2.24, 2.45) is 0 Å². The lowest BCUT2D eigenvalue weighted by Crippen LogP contribution is -2.49. The van der Waals surface area contributed by atoms with Crippen LogP contribution in [-0.2, 0) is 12.1 Å². The van der Waals surface area contributed by atoms with Gasteiger partial charge in [0.25, 0.3) is 5.56 Å². The Balaban J connectivity index is 1.67. The monoisotopic (exact) mass is 355 g/mol. The Morgan fingerprint density at radius 1 is 1.35 bits per heavy atom. The minimum atomic E-state index is -0.807. The lowest BCUT2D eigenvalue weighted by atomic mass is 9.71. The Morgan fingerprint density at radius 3 is 2.69 bits per heavy atom. The van der Waals surface area contributed by atoms with E-state index in [1.54, 1.807) is 0 Å². The molecule has 1 aliphatic rings. The topological polar surface area (TPSA) is 86.0 Å². The number of hydrogen-bond acceptors (Lipinski definition) is 4. The van der Waals surface area contributed by atoms with Gasteiger partial charge in [0.2, 0.25) is 0 Å². The molecule has 4 rings (SSSR count). The average molecular weight is 355 g/mol. The molecule has 0 unspecified atom stereocenters. The smallest absolute Gasteiger partial charge is 0.272 e. The second-order valence-electron chi connectivity index (χ2n) is 6.43. The molecule has 1 saturated carbocycles. The molecule has 0 aliphatic heterocycles. The Morgan fingerprint density at radius 2 is 2.08 bits per heavy atom. The van der Waals surface area contributed by atoms with Gasteiger partial charge in [-0.15, -0.1) is 0 Å². The Bertz CT molecular complexity index is 1070. The maximum Gasteiger partial charge on any atom is 0.272 e. The molecule has 1 fully saturated rings. The first-order chi connectivity index (χ1) is 12.5. The van der Waals surface area contributed by atoms with Crippen molar-refractivity contribution in [3.05, 3.63) is 69.3 Å². The van der Waals surface area contributed by atoms with Crippen LogP contribution < -0.4 is 10.9 Å². The van der Waals surface area contributed by atoms with Crippen molar-refractivity contribution in [2.45, 2.75) is 31.3 Å². The third kappa shape index (κ3) is 2.48. The van der Waals surface area contributed by atoms with Gasteiger partial charge in [0.15, 0.2) is 5.65 Å². The summed E-state index contributed by atoms with van der Waals surface area (Å²) in [5.41, 5.74) is -0.233. The predicted octanol–water partition coefficient (Wildman–Crippen LogP) is 2.34. The summed E-state index contributed by atoms with van der Waals surface area (Å²) < 4.78 is 29.6. The van der Waals surface area contributed by atoms with Gasteiger partial charge in [-0.25, -0.2) is 18.3 Å². The Hall–Kier alpha value is -3.05. The molecule has 2 heterocycles. The van der Waals surface area contributed by atoms with E-state index in [-0.39, 0.29) is 28.9 Å². The maximum absolute atomic E-state index is 14.2. The van der Waals surface area contributed by atoms with E-state index in [0.717, 1.165) is 6.42 Å². The van der Waals surface area contributed by atoms with Gasteiger partial charge in [-0.3, -0.25) is 9.89 Å². The van der Waals surface area contributed by atoms with E-state index in [9.17, 15) is 13.6 Å². The summed E-state index contributed by atoms with van der Waals surface area (Å²) in [6.45, 7) is 0.162. The summed E-state index contributed by atoms with van der Waals surface area (Å²) in [4.78, 5) is 16.5. The van der Waals surface area contributed by atoms with E-state index in [1.165, 1.54) is 35.0 Å². The van der Waals surface area contributed by atoms with Gasteiger partial charge in [-0.1, -0.05) is 6.07 Å². The normalized spacial score (nSPS) is 15.6. The summed E-state index contributed by atoms with van der Waals surface area (Å²) in [6.07, 6.45) is 3.45. The molecule has 0 amide bonds. The zero-order valence-corrected chi connectivity index (χ0v) is 13.7. The number of fused-ring (bicyclic) bond motifs is 1. The molecule has 26 heavy (non-hydrogen) atoms. The van der Waals surface area contributed by atoms with Crippen molar-refractivity contribution in [3.63, 3.8) is 0 Å². The first kappa shape index (κ1) is 16.4. The van der Waals surface area contributed by atoms with Crippen LogP contribution in [0.15, 0.2) is 35.3 Å². The van der Waals surface area contributed by atoms with Crippen molar-refractivity contribution < 1.29 is 8.78 Å². The highest BCUT2D eigenvalue weighted by atomic mass is 19.1. The molecule has 8 heteroatoms. The number of nitrogens with one attached hydrogen (secondary N) is 2. The Labute approximate surface area is 147 Å². The molecule has 0 atom stereocenters. The summed E-state index contributed by atoms with van der Waals surface area (Å²) in [5, 5.41) is 15.0. The first-order valence-corrected chi connectivity index (χ1v) is 8.24. The number of rotatable bonds is 4. The first-order valence-electron chi connectivity index (χ1n) is 8.24. The molecule has 3 aromatic rings. The molecular weight excluding hydrogens is 340 g/mol. The molecule has 1 aromatic carbocycles. The standard InChI is InChI=1S/C18H15F2N5O/c19-13-3-1-4-14(20)16(13)18(5-2-6-18)22-10-12-7-15(26)25-17(24-12)11(8-21)9-23-25/h1,3-4,7,9,22-23H,2,5-6,10H2. The van der Waals surface area contributed by atoms with Crippen LogP contribution in [0.1, 0.15) is 36.1 Å². The summed E-state index contributed by atoms with van der Waals surface area (Å²) in [7, 11) is 0. The highest BCUT2D eigenvalue weighted by Gasteiger charge is 2.42. The van der Waals surface area contributed by atoms with Gasteiger partial charge in [-0.2, -0.15) is 5.26 Å². The van der Waals surface area contributed by atoms with Gasteiger partial charge < -0.3 is 5.32 Å². The zero-order chi connectivity index (χ0) is 18.3. The number of halogens is 2. The quantitative estimate of drug-likeness (QED) is 0.752. The van der Waals surface area contributed by atoms with E-state index in [4.69, 9.17) is 5.26 Å². The third-order valence-corrected chi connectivity index (χ3v) is 4.93. The number of aromatic amines is 1. The second kappa shape index (κ2) is 6.04. The molecular formula is C18H15F2N5O. The van der Waals surface area contributed by atoms with Gasteiger partial charge in [0, 0.05) is 29.9 Å². The molecule has 1 aliphatic carbocycles. The van der Waals surface area contributed by atoms with Gasteiger partial charge in [0.05, 0.1) is 5.69 Å². The Kier molecular flexibility index (Phi) is 3.81. The number of aromatic nitrogens is 3. The summed E-state index contributed by atoms with van der Waals surface area (Å²) in [5.74, 6) is -1.17. The molecule has 0 radical (unpaired) electrons. The molecule has 132 valence electrons. The fourth-order valence-electron chi connectivity index (χ4n) is 3.46. The summed E-state index contributed by atoms with van der Waals surface area (Å²) in [6, 6.07) is 7.13. The summed E-state index contributed by atoms with van der Waals surface area (Å²) >= 11 is 0. The van der Waals surface area contributed by atoms with Crippen LogP contribution >= 0.6 is 0 Å². The fourth-order valence-corrected chi connectivity index (χ4v) is 3.46. The van der Waals surface area contributed by atoms with E-state index >= 15 is 0 Å². The lowest BCUT2D eigenvalue weighted by Gasteiger charge is -2.43. The van der Waals surface area contributed by atoms with Crippen LogP contribution in [0.4, 0.5) is 8.78 Å². The van der Waals surface area contributed by atoms with Gasteiger partial charge in [0.1, 0.15) is 23.3 Å². The van der Waals surface area contributed by atoms with Crippen LogP contribution in [0.25, 0.3) is 5.65 Å². The average Bonchev–Trinajstić information content (AvgIpc) is 2.99. The number of nitrogens with zero attached hydrogens (tertiary/aromatic N) is 3. The lowest BCUT2D eigenvalue weighted by molar-refractivity contribution is 0.170. The SMILES string of the molecule is N#Cc1c[nH]n2c(=O)cc(CNC3(c4c(F)cccc4F)CCC3)nc12. The van der Waals surface area contributed by atoms with Gasteiger partial charge in [-0.05, 0) is 31.4 Å². The minimum Gasteiger partial charge on any atom is -0.301 e.